The van der Waals surface area contributed by atoms with Gasteiger partial charge in [0.1, 0.15) is 11.4 Å². The van der Waals surface area contributed by atoms with Gasteiger partial charge in [-0.15, -0.1) is 0 Å². The maximum Gasteiger partial charge on any atom is 0.413 e. The summed E-state index contributed by atoms with van der Waals surface area (Å²) in [6.07, 6.45) is 4.86. The van der Waals surface area contributed by atoms with Gasteiger partial charge < -0.3 is 10.1 Å². The summed E-state index contributed by atoms with van der Waals surface area (Å²) in [7, 11) is 1.80. The summed E-state index contributed by atoms with van der Waals surface area (Å²) in [5.74, 6) is 0.671. The minimum atomic E-state index is -0.518. The van der Waals surface area contributed by atoms with Crippen molar-refractivity contribution in [2.24, 2.45) is 7.05 Å². The van der Waals surface area contributed by atoms with E-state index in [4.69, 9.17) is 4.74 Å². The van der Waals surface area contributed by atoms with Crippen LogP contribution in [0.1, 0.15) is 59.4 Å². The van der Waals surface area contributed by atoms with E-state index in [-0.39, 0.29) is 0 Å². The van der Waals surface area contributed by atoms with Crippen molar-refractivity contribution in [2.75, 3.05) is 5.32 Å². The number of carbonyl (C=O) groups is 1. The molecular weight excluding hydrogens is 280 g/mol. The third-order valence-corrected chi connectivity index (χ3v) is 3.27. The number of aromatic nitrogens is 2. The lowest BCUT2D eigenvalue weighted by molar-refractivity contribution is 0.0634. The number of hydrogen-bond acceptors (Lipinski definition) is 4. The molecule has 0 saturated heterocycles. The summed E-state index contributed by atoms with van der Waals surface area (Å²) in [6.45, 7) is 10.6. The maximum absolute atomic E-state index is 11.9. The molecule has 0 aliphatic rings. The molecule has 0 aliphatic carbocycles. The number of ether oxygens (including phenoxy) is 1. The molecule has 22 heavy (non-hydrogen) atoms. The van der Waals surface area contributed by atoms with Crippen molar-refractivity contribution in [3.05, 3.63) is 11.8 Å². The Bertz CT molecular complexity index is 477. The Labute approximate surface area is 133 Å². The highest BCUT2D eigenvalue weighted by atomic mass is 16.6. The van der Waals surface area contributed by atoms with E-state index in [2.05, 4.69) is 29.6 Å². The number of anilines is 1. The van der Waals surface area contributed by atoms with E-state index in [1.165, 1.54) is 12.8 Å². The van der Waals surface area contributed by atoms with E-state index in [0.717, 1.165) is 12.0 Å². The van der Waals surface area contributed by atoms with Gasteiger partial charge in [0.2, 0.25) is 0 Å². The zero-order valence-electron chi connectivity index (χ0n) is 14.7. The standard InChI is InChI=1S/C16H30N4O2/c1-7-8-9-12(2)17-10-13-11-18-20(6)14(13)19-15(21)22-16(3,4)5/h11-12,17H,7-10H2,1-6H3,(H,19,21). The number of amides is 1. The van der Waals surface area contributed by atoms with Gasteiger partial charge >= 0.3 is 6.09 Å². The van der Waals surface area contributed by atoms with Crippen molar-refractivity contribution in [2.45, 2.75) is 72.1 Å². The molecule has 0 spiro atoms. The molecule has 1 heterocycles. The van der Waals surface area contributed by atoms with Crippen LogP contribution in [0, 0.1) is 0 Å². The van der Waals surface area contributed by atoms with Gasteiger partial charge in [-0.2, -0.15) is 5.10 Å². The third kappa shape index (κ3) is 6.47. The van der Waals surface area contributed by atoms with E-state index in [9.17, 15) is 4.79 Å². The molecule has 1 unspecified atom stereocenters. The molecule has 0 aromatic carbocycles. The Hall–Kier alpha value is -1.56. The minimum absolute atomic E-state index is 0.439. The highest BCUT2D eigenvalue weighted by Crippen LogP contribution is 2.16. The predicted molar refractivity (Wildman–Crippen MR) is 88.9 cm³/mol. The molecule has 2 N–H and O–H groups in total. The van der Waals surface area contributed by atoms with Crippen LogP contribution in [0.3, 0.4) is 0 Å². The quantitative estimate of drug-likeness (QED) is 0.809. The van der Waals surface area contributed by atoms with Gasteiger partial charge in [-0.3, -0.25) is 10.00 Å². The summed E-state index contributed by atoms with van der Waals surface area (Å²) in [6, 6.07) is 0.439. The molecule has 1 aromatic heterocycles. The number of unbranched alkanes of at least 4 members (excludes halogenated alkanes) is 1. The van der Waals surface area contributed by atoms with Crippen molar-refractivity contribution in [3.63, 3.8) is 0 Å². The Morgan fingerprint density at radius 3 is 2.73 bits per heavy atom. The molecule has 1 atom stereocenters. The van der Waals surface area contributed by atoms with E-state index in [1.807, 2.05) is 20.8 Å². The maximum atomic E-state index is 11.9. The normalized spacial score (nSPS) is 13.0. The van der Waals surface area contributed by atoms with Crippen molar-refractivity contribution >= 4 is 11.9 Å². The largest absolute Gasteiger partial charge is 0.444 e. The van der Waals surface area contributed by atoms with Gasteiger partial charge in [0, 0.05) is 25.2 Å². The van der Waals surface area contributed by atoms with Gasteiger partial charge in [-0.1, -0.05) is 19.8 Å². The first-order chi connectivity index (χ1) is 10.2. The van der Waals surface area contributed by atoms with Crippen molar-refractivity contribution in [1.29, 1.82) is 0 Å². The van der Waals surface area contributed by atoms with E-state index in [1.54, 1.807) is 17.9 Å². The van der Waals surface area contributed by atoms with E-state index >= 15 is 0 Å². The topological polar surface area (TPSA) is 68.2 Å². The molecule has 0 fully saturated rings. The van der Waals surface area contributed by atoms with Crippen LogP contribution in [0.2, 0.25) is 0 Å². The molecular formula is C16H30N4O2. The van der Waals surface area contributed by atoms with Crippen LogP contribution in [0.15, 0.2) is 6.20 Å². The highest BCUT2D eigenvalue weighted by Gasteiger charge is 2.19. The average Bonchev–Trinajstić information content (AvgIpc) is 2.73. The first-order valence-corrected chi connectivity index (χ1v) is 7.97. The number of nitrogens with zero attached hydrogens (tertiary/aromatic N) is 2. The summed E-state index contributed by atoms with van der Waals surface area (Å²) in [5.41, 5.74) is 0.437. The molecule has 0 aliphatic heterocycles. The van der Waals surface area contributed by atoms with Crippen LogP contribution in [0.5, 0.6) is 0 Å². The van der Waals surface area contributed by atoms with Crippen molar-refractivity contribution in [3.8, 4) is 0 Å². The molecule has 6 nitrogen and oxygen atoms in total. The zero-order chi connectivity index (χ0) is 16.8. The van der Waals surface area contributed by atoms with E-state index in [0.29, 0.717) is 18.4 Å². The molecule has 126 valence electrons. The summed E-state index contributed by atoms with van der Waals surface area (Å²) in [4.78, 5) is 11.9. The number of aryl methyl sites for hydroxylation is 1. The van der Waals surface area contributed by atoms with E-state index < -0.39 is 11.7 Å². The summed E-state index contributed by atoms with van der Waals surface area (Å²) < 4.78 is 6.94. The molecule has 6 heteroatoms. The SMILES string of the molecule is CCCCC(C)NCc1cnn(C)c1NC(=O)OC(C)(C)C. The van der Waals surface area contributed by atoms with Crippen LogP contribution in [-0.2, 0) is 18.3 Å². The second kappa shape index (κ2) is 8.17. The van der Waals surface area contributed by atoms with Crippen LogP contribution in [0.4, 0.5) is 10.6 Å². The van der Waals surface area contributed by atoms with Crippen LogP contribution < -0.4 is 10.6 Å². The number of hydrogen-bond donors (Lipinski definition) is 2. The van der Waals surface area contributed by atoms with Crippen LogP contribution in [0.25, 0.3) is 0 Å². The molecule has 1 rings (SSSR count). The van der Waals surface area contributed by atoms with Gasteiger partial charge in [0.05, 0.1) is 6.20 Å². The molecule has 0 radical (unpaired) electrons. The Kier molecular flexibility index (Phi) is 6.87. The lowest BCUT2D eigenvalue weighted by Crippen LogP contribution is -2.29. The molecule has 0 bridgehead atoms. The summed E-state index contributed by atoms with van der Waals surface area (Å²) in [5, 5.41) is 10.5. The summed E-state index contributed by atoms with van der Waals surface area (Å²) >= 11 is 0. The Morgan fingerprint density at radius 1 is 1.45 bits per heavy atom. The first kappa shape index (κ1) is 18.5. The smallest absolute Gasteiger partial charge is 0.413 e. The second-order valence-corrected chi connectivity index (χ2v) is 6.69. The second-order valence-electron chi connectivity index (χ2n) is 6.69. The monoisotopic (exact) mass is 310 g/mol. The lowest BCUT2D eigenvalue weighted by atomic mass is 10.1. The van der Waals surface area contributed by atoms with Gasteiger partial charge in [0.25, 0.3) is 0 Å². The van der Waals surface area contributed by atoms with Crippen LogP contribution >= 0.6 is 0 Å². The predicted octanol–water partition coefficient (Wildman–Crippen LogP) is 3.44. The van der Waals surface area contributed by atoms with Crippen molar-refractivity contribution < 1.29 is 9.53 Å². The van der Waals surface area contributed by atoms with Crippen LogP contribution in [-0.4, -0.2) is 27.5 Å². The highest BCUT2D eigenvalue weighted by molar-refractivity contribution is 5.84. The first-order valence-electron chi connectivity index (χ1n) is 7.97. The number of rotatable bonds is 7. The fourth-order valence-corrected chi connectivity index (χ4v) is 2.07. The fraction of sp³-hybridized carbons (Fsp3) is 0.750. The number of nitrogens with one attached hydrogen (secondary N) is 2. The van der Waals surface area contributed by atoms with Gasteiger partial charge in [-0.05, 0) is 34.1 Å². The third-order valence-electron chi connectivity index (χ3n) is 3.27. The van der Waals surface area contributed by atoms with Gasteiger partial charge in [0.15, 0.2) is 0 Å². The molecule has 0 saturated carbocycles. The Balaban J connectivity index is 2.61. The minimum Gasteiger partial charge on any atom is -0.444 e. The lowest BCUT2D eigenvalue weighted by Gasteiger charge is -2.20. The zero-order valence-corrected chi connectivity index (χ0v) is 14.7. The van der Waals surface area contributed by atoms with Gasteiger partial charge in [-0.25, -0.2) is 4.79 Å². The molecule has 1 aromatic rings. The van der Waals surface area contributed by atoms with Crippen molar-refractivity contribution in [1.82, 2.24) is 15.1 Å². The average molecular weight is 310 g/mol. The molecule has 1 amide bonds. The Morgan fingerprint density at radius 2 is 2.14 bits per heavy atom. The number of carbonyl (C=O) groups excluding carboxylic acids is 1. The fourth-order valence-electron chi connectivity index (χ4n) is 2.07.